The molecule has 0 spiro atoms. The van der Waals surface area contributed by atoms with Gasteiger partial charge in [0.15, 0.2) is 12.9 Å². The smallest absolute Gasteiger partial charge is 0.357 e. The maximum absolute atomic E-state index is 13.0. The van der Waals surface area contributed by atoms with Gasteiger partial charge >= 0.3 is 21.2 Å². The molecule has 0 radical (unpaired) electrons. The van der Waals surface area contributed by atoms with Crippen LogP contribution in [-0.4, -0.2) is 27.2 Å². The number of hydrogen-bond acceptors (Lipinski definition) is 5. The second-order valence-corrected chi connectivity index (χ2v) is 11.1. The van der Waals surface area contributed by atoms with Gasteiger partial charge in [-0.05, 0) is 66.7 Å². The number of carbonyl (C=O) groups is 1. The third kappa shape index (κ3) is 6.74. The minimum absolute atomic E-state index is 0.109. The number of anilines is 1. The summed E-state index contributed by atoms with van der Waals surface area (Å²) in [7, 11) is 4.90. The van der Waals surface area contributed by atoms with Crippen LogP contribution in [0.25, 0.3) is 0 Å². The Kier molecular flexibility index (Phi) is 8.90. The summed E-state index contributed by atoms with van der Waals surface area (Å²) < 4.78 is 24.9. The van der Waals surface area contributed by atoms with E-state index in [-0.39, 0.29) is 5.91 Å². The van der Waals surface area contributed by atoms with Gasteiger partial charge in [-0.3, -0.25) is 4.79 Å². The van der Waals surface area contributed by atoms with Gasteiger partial charge in [0.05, 0.1) is 33.6 Å². The Morgan fingerprint density at radius 3 is 2.00 bits per heavy atom. The fourth-order valence-electron chi connectivity index (χ4n) is 3.76. The molecule has 0 N–H and O–H groups in total. The Morgan fingerprint density at radius 2 is 1.35 bits per heavy atom. The first kappa shape index (κ1) is 26.3. The molecule has 0 atom stereocenters. The molecule has 190 valence electrons. The molecule has 1 amide bonds. The lowest BCUT2D eigenvalue weighted by atomic mass is 10.1. The normalized spacial score (nSPS) is 10.5. The zero-order chi connectivity index (χ0) is 26.2. The van der Waals surface area contributed by atoms with E-state index in [9.17, 15) is 4.79 Å². The Balaban J connectivity index is 1.74. The zero-order valence-corrected chi connectivity index (χ0v) is 23.4. The van der Waals surface area contributed by atoms with E-state index in [1.165, 1.54) is 3.57 Å². The van der Waals surface area contributed by atoms with Crippen LogP contribution in [0.3, 0.4) is 0 Å². The first-order valence-corrected chi connectivity index (χ1v) is 13.8. The summed E-state index contributed by atoms with van der Waals surface area (Å²) in [5, 5.41) is 0. The average molecular weight is 610 g/mol. The number of methoxy groups -OCH3 is 3. The van der Waals surface area contributed by atoms with Crippen LogP contribution in [0.5, 0.6) is 28.7 Å². The molecular weight excluding hydrogens is 581 g/mol. The SMILES string of the molecule is COc1ccc([I+]c2ccc(Oc3ccccc3)c(N(Cc3cc(OC)ccc3OC)C(C)=O)c2)cc1. The van der Waals surface area contributed by atoms with Gasteiger partial charge in [-0.2, -0.15) is 0 Å². The van der Waals surface area contributed by atoms with E-state index in [4.69, 9.17) is 18.9 Å². The summed E-state index contributed by atoms with van der Waals surface area (Å²) >= 11 is -0.497. The van der Waals surface area contributed by atoms with Crippen LogP contribution in [-0.2, 0) is 11.3 Å². The van der Waals surface area contributed by atoms with E-state index in [0.29, 0.717) is 35.2 Å². The molecular formula is C30H29INO5+. The van der Waals surface area contributed by atoms with Crippen molar-refractivity contribution < 1.29 is 44.9 Å². The molecule has 0 fully saturated rings. The minimum atomic E-state index is -0.497. The number of nitrogens with zero attached hydrogens (tertiary/aromatic N) is 1. The van der Waals surface area contributed by atoms with Crippen LogP contribution in [0.15, 0.2) is 91.0 Å². The fraction of sp³-hybridized carbons (Fsp3) is 0.167. The van der Waals surface area contributed by atoms with Crippen molar-refractivity contribution in [3.63, 3.8) is 0 Å². The summed E-state index contributed by atoms with van der Waals surface area (Å²) in [4.78, 5) is 14.8. The van der Waals surface area contributed by atoms with E-state index in [0.717, 1.165) is 14.9 Å². The Bertz CT molecular complexity index is 1340. The number of amides is 1. The molecule has 0 aliphatic heterocycles. The average Bonchev–Trinajstić information content (AvgIpc) is 2.93. The third-order valence-electron chi connectivity index (χ3n) is 5.65. The first-order valence-electron chi connectivity index (χ1n) is 11.7. The maximum atomic E-state index is 13.0. The van der Waals surface area contributed by atoms with E-state index in [1.807, 2.05) is 66.7 Å². The highest BCUT2D eigenvalue weighted by molar-refractivity contribution is 5.93. The summed E-state index contributed by atoms with van der Waals surface area (Å²) in [5.41, 5.74) is 1.53. The van der Waals surface area contributed by atoms with Crippen molar-refractivity contribution >= 4 is 11.6 Å². The second-order valence-electron chi connectivity index (χ2n) is 8.06. The Labute approximate surface area is 228 Å². The van der Waals surface area contributed by atoms with E-state index in [2.05, 4.69) is 24.3 Å². The van der Waals surface area contributed by atoms with Gasteiger partial charge in [0.1, 0.15) is 23.0 Å². The monoisotopic (exact) mass is 610 g/mol. The van der Waals surface area contributed by atoms with Gasteiger partial charge in [-0.15, -0.1) is 0 Å². The lowest BCUT2D eigenvalue weighted by Crippen LogP contribution is -3.61. The van der Waals surface area contributed by atoms with Crippen LogP contribution in [0, 0.1) is 7.14 Å². The molecule has 0 unspecified atom stereocenters. The molecule has 7 heteroatoms. The maximum Gasteiger partial charge on any atom is 0.357 e. The van der Waals surface area contributed by atoms with Gasteiger partial charge < -0.3 is 23.8 Å². The lowest BCUT2D eigenvalue weighted by Gasteiger charge is -2.25. The molecule has 4 aromatic rings. The Hall–Kier alpha value is -3.72. The summed E-state index contributed by atoms with van der Waals surface area (Å²) in [6.07, 6.45) is 0. The third-order valence-corrected chi connectivity index (χ3v) is 8.28. The van der Waals surface area contributed by atoms with Crippen LogP contribution >= 0.6 is 0 Å². The molecule has 37 heavy (non-hydrogen) atoms. The first-order chi connectivity index (χ1) is 18.0. The van der Waals surface area contributed by atoms with Crippen LogP contribution in [0.4, 0.5) is 5.69 Å². The molecule has 0 saturated carbocycles. The minimum Gasteiger partial charge on any atom is -0.497 e. The molecule has 4 rings (SSSR count). The highest BCUT2D eigenvalue weighted by Gasteiger charge is 2.24. The summed E-state index contributed by atoms with van der Waals surface area (Å²) in [6.45, 7) is 1.86. The molecule has 0 aliphatic rings. The van der Waals surface area contributed by atoms with Crippen molar-refractivity contribution in [2.24, 2.45) is 0 Å². The lowest BCUT2D eigenvalue weighted by molar-refractivity contribution is -0.597. The summed E-state index contributed by atoms with van der Waals surface area (Å²) in [6, 6.07) is 29.3. The van der Waals surface area contributed by atoms with Gasteiger partial charge in [-0.25, -0.2) is 0 Å². The highest BCUT2D eigenvalue weighted by Crippen LogP contribution is 2.35. The number of para-hydroxylation sites is 1. The predicted molar refractivity (Wildman–Crippen MR) is 140 cm³/mol. The molecule has 4 aromatic carbocycles. The molecule has 0 saturated heterocycles. The number of rotatable bonds is 10. The second kappa shape index (κ2) is 12.5. The molecule has 6 nitrogen and oxygen atoms in total. The number of ether oxygens (including phenoxy) is 4. The van der Waals surface area contributed by atoms with E-state index in [1.54, 1.807) is 33.2 Å². The quantitative estimate of drug-likeness (QED) is 0.259. The molecule has 0 aliphatic carbocycles. The Morgan fingerprint density at radius 1 is 0.703 bits per heavy atom. The van der Waals surface area contributed by atoms with Gasteiger partial charge in [-0.1, -0.05) is 18.2 Å². The fourth-order valence-corrected chi connectivity index (χ4v) is 6.01. The predicted octanol–water partition coefficient (Wildman–Crippen LogP) is 3.19. The molecule has 0 bridgehead atoms. The highest BCUT2D eigenvalue weighted by atomic mass is 127. The van der Waals surface area contributed by atoms with Crippen molar-refractivity contribution in [2.75, 3.05) is 26.2 Å². The van der Waals surface area contributed by atoms with E-state index >= 15 is 0 Å². The number of hydrogen-bond donors (Lipinski definition) is 0. The van der Waals surface area contributed by atoms with Crippen molar-refractivity contribution in [3.8, 4) is 28.7 Å². The molecule has 0 aromatic heterocycles. The standard InChI is InChI=1S/C30H29INO5/c1-21(33)32(20-22-18-27(35-3)15-17-29(22)36-4)28-19-24(31-23-10-13-25(34-2)14-11-23)12-16-30(28)37-26-8-6-5-7-9-26/h5-19H,20H2,1-4H3/q+1. The van der Waals surface area contributed by atoms with Gasteiger partial charge in [0.25, 0.3) is 0 Å². The molecule has 0 heterocycles. The van der Waals surface area contributed by atoms with Crippen LogP contribution in [0.1, 0.15) is 12.5 Å². The van der Waals surface area contributed by atoms with Gasteiger partial charge in [0, 0.05) is 18.6 Å². The summed E-state index contributed by atoms with van der Waals surface area (Å²) in [5.74, 6) is 3.39. The van der Waals surface area contributed by atoms with Crippen molar-refractivity contribution in [3.05, 3.63) is 104 Å². The zero-order valence-electron chi connectivity index (χ0n) is 21.2. The van der Waals surface area contributed by atoms with Crippen molar-refractivity contribution in [1.82, 2.24) is 0 Å². The van der Waals surface area contributed by atoms with Gasteiger partial charge in [0.2, 0.25) is 5.91 Å². The van der Waals surface area contributed by atoms with Crippen molar-refractivity contribution in [2.45, 2.75) is 13.5 Å². The van der Waals surface area contributed by atoms with Crippen LogP contribution < -0.4 is 45.1 Å². The number of halogens is 1. The van der Waals surface area contributed by atoms with Crippen molar-refractivity contribution in [1.29, 1.82) is 0 Å². The number of carbonyl (C=O) groups excluding carboxylic acids is 1. The topological polar surface area (TPSA) is 57.2 Å². The van der Waals surface area contributed by atoms with E-state index < -0.39 is 21.2 Å². The largest absolute Gasteiger partial charge is 0.497 e. The number of benzene rings is 4. The van der Waals surface area contributed by atoms with Crippen LogP contribution in [0.2, 0.25) is 0 Å².